The lowest BCUT2D eigenvalue weighted by Crippen LogP contribution is -2.18. The molecule has 0 aliphatic carbocycles. The molecule has 0 amide bonds. The third kappa shape index (κ3) is 4.04. The van der Waals surface area contributed by atoms with Crippen LogP contribution in [0.2, 0.25) is 10.0 Å². The molecule has 90 valence electrons. The van der Waals surface area contributed by atoms with Gasteiger partial charge < -0.3 is 9.88 Å². The molecule has 0 fully saturated rings. The Balaban J connectivity index is 1.78. The van der Waals surface area contributed by atoms with Gasteiger partial charge >= 0.3 is 0 Å². The third-order valence-corrected chi connectivity index (χ3v) is 2.79. The molecule has 17 heavy (non-hydrogen) atoms. The summed E-state index contributed by atoms with van der Waals surface area (Å²) in [6.45, 7) is 2.53. The maximum Gasteiger partial charge on any atom is 0.0946 e. The lowest BCUT2D eigenvalue weighted by atomic mass is 10.2. The summed E-state index contributed by atoms with van der Waals surface area (Å²) in [5.41, 5.74) is 1.09. The van der Waals surface area contributed by atoms with Crippen LogP contribution >= 0.6 is 23.2 Å². The summed E-state index contributed by atoms with van der Waals surface area (Å²) in [6, 6.07) is 5.56. The van der Waals surface area contributed by atoms with Gasteiger partial charge in [-0.1, -0.05) is 23.2 Å². The molecule has 1 N–H and O–H groups in total. The zero-order chi connectivity index (χ0) is 12.1. The highest BCUT2D eigenvalue weighted by Crippen LogP contribution is 2.18. The summed E-state index contributed by atoms with van der Waals surface area (Å²) >= 11 is 11.8. The van der Waals surface area contributed by atoms with Crippen molar-refractivity contribution in [2.75, 3.05) is 6.54 Å². The van der Waals surface area contributed by atoms with Crippen molar-refractivity contribution in [2.45, 2.75) is 13.1 Å². The van der Waals surface area contributed by atoms with Crippen LogP contribution in [0.15, 0.2) is 36.9 Å². The molecule has 1 heterocycles. The number of benzene rings is 1. The van der Waals surface area contributed by atoms with Gasteiger partial charge in [-0.2, -0.15) is 0 Å². The van der Waals surface area contributed by atoms with Crippen molar-refractivity contribution >= 4 is 23.2 Å². The minimum Gasteiger partial charge on any atom is -0.336 e. The molecule has 0 aliphatic rings. The van der Waals surface area contributed by atoms with Crippen molar-refractivity contribution in [3.05, 3.63) is 52.5 Å². The van der Waals surface area contributed by atoms with Crippen LogP contribution in [0, 0.1) is 0 Å². The first-order chi connectivity index (χ1) is 8.24. The largest absolute Gasteiger partial charge is 0.336 e. The summed E-state index contributed by atoms with van der Waals surface area (Å²) in [4.78, 5) is 3.98. The Kier molecular flexibility index (Phi) is 4.42. The van der Waals surface area contributed by atoms with E-state index in [4.69, 9.17) is 23.2 Å². The zero-order valence-electron chi connectivity index (χ0n) is 9.24. The Morgan fingerprint density at radius 2 is 1.94 bits per heavy atom. The van der Waals surface area contributed by atoms with Crippen molar-refractivity contribution < 1.29 is 0 Å². The van der Waals surface area contributed by atoms with Gasteiger partial charge in [0.2, 0.25) is 0 Å². The number of aromatic nitrogens is 2. The molecule has 0 spiro atoms. The molecule has 5 heteroatoms. The minimum atomic E-state index is 0.670. The number of hydrogen-bond acceptors (Lipinski definition) is 2. The summed E-state index contributed by atoms with van der Waals surface area (Å²) in [6.07, 6.45) is 5.52. The summed E-state index contributed by atoms with van der Waals surface area (Å²) in [5, 5.41) is 4.67. The van der Waals surface area contributed by atoms with E-state index < -0.39 is 0 Å². The minimum absolute atomic E-state index is 0.670. The predicted octanol–water partition coefficient (Wildman–Crippen LogP) is 2.98. The number of nitrogens with one attached hydrogen (secondary N) is 1. The summed E-state index contributed by atoms with van der Waals surface area (Å²) in [5.74, 6) is 0. The fourth-order valence-electron chi connectivity index (χ4n) is 1.57. The number of nitrogens with zero attached hydrogens (tertiary/aromatic N) is 2. The smallest absolute Gasteiger partial charge is 0.0946 e. The first-order valence-electron chi connectivity index (χ1n) is 5.35. The molecule has 0 saturated heterocycles. The molecule has 0 atom stereocenters. The van der Waals surface area contributed by atoms with Gasteiger partial charge in [0.1, 0.15) is 0 Å². The molecule has 0 unspecified atom stereocenters. The van der Waals surface area contributed by atoms with Crippen molar-refractivity contribution in [1.82, 2.24) is 14.9 Å². The maximum atomic E-state index is 5.92. The van der Waals surface area contributed by atoms with E-state index >= 15 is 0 Å². The summed E-state index contributed by atoms with van der Waals surface area (Å²) in [7, 11) is 0. The Morgan fingerprint density at radius 3 is 2.59 bits per heavy atom. The van der Waals surface area contributed by atoms with Gasteiger partial charge in [0.15, 0.2) is 0 Å². The van der Waals surface area contributed by atoms with E-state index in [0.29, 0.717) is 10.0 Å². The Labute approximate surface area is 110 Å². The molecule has 0 aliphatic heterocycles. The van der Waals surface area contributed by atoms with Crippen molar-refractivity contribution in [2.24, 2.45) is 0 Å². The number of rotatable bonds is 5. The number of imidazole rings is 1. The van der Waals surface area contributed by atoms with Gasteiger partial charge in [-0.05, 0) is 23.8 Å². The topological polar surface area (TPSA) is 29.9 Å². The molecule has 0 bridgehead atoms. The van der Waals surface area contributed by atoms with Crippen molar-refractivity contribution in [3.63, 3.8) is 0 Å². The SMILES string of the molecule is Clc1cc(Cl)cc(CNCCn2ccnc2)c1. The molecule has 0 radical (unpaired) electrons. The Hall–Kier alpha value is -1.03. The lowest BCUT2D eigenvalue weighted by molar-refractivity contribution is 0.597. The molecular formula is C12H13Cl2N3. The molecular weight excluding hydrogens is 257 g/mol. The first-order valence-corrected chi connectivity index (χ1v) is 6.11. The quantitative estimate of drug-likeness (QED) is 0.846. The van der Waals surface area contributed by atoms with Crippen molar-refractivity contribution in [3.8, 4) is 0 Å². The van der Waals surface area contributed by atoms with Crippen LogP contribution in [0.3, 0.4) is 0 Å². The summed E-state index contributed by atoms with van der Waals surface area (Å²) < 4.78 is 2.03. The normalized spacial score (nSPS) is 10.7. The van der Waals surface area contributed by atoms with E-state index in [9.17, 15) is 0 Å². The van der Waals surface area contributed by atoms with E-state index in [2.05, 4.69) is 10.3 Å². The number of hydrogen-bond donors (Lipinski definition) is 1. The molecule has 1 aromatic heterocycles. The molecule has 2 aromatic rings. The first kappa shape index (κ1) is 12.4. The van der Waals surface area contributed by atoms with E-state index in [-0.39, 0.29) is 0 Å². The highest BCUT2D eigenvalue weighted by molar-refractivity contribution is 6.34. The van der Waals surface area contributed by atoms with E-state index in [1.807, 2.05) is 22.9 Å². The monoisotopic (exact) mass is 269 g/mol. The molecule has 0 saturated carbocycles. The van der Waals surface area contributed by atoms with Crippen LogP contribution in [0.4, 0.5) is 0 Å². The lowest BCUT2D eigenvalue weighted by Gasteiger charge is -2.06. The van der Waals surface area contributed by atoms with Crippen LogP contribution in [0.5, 0.6) is 0 Å². The fraction of sp³-hybridized carbons (Fsp3) is 0.250. The van der Waals surface area contributed by atoms with Crippen LogP contribution in [0.1, 0.15) is 5.56 Å². The van der Waals surface area contributed by atoms with Gasteiger partial charge in [0.25, 0.3) is 0 Å². The third-order valence-electron chi connectivity index (χ3n) is 2.36. The highest BCUT2D eigenvalue weighted by Gasteiger charge is 1.98. The van der Waals surface area contributed by atoms with Crippen LogP contribution < -0.4 is 5.32 Å². The molecule has 3 nitrogen and oxygen atoms in total. The van der Waals surface area contributed by atoms with E-state index in [1.165, 1.54) is 0 Å². The van der Waals surface area contributed by atoms with E-state index in [0.717, 1.165) is 25.2 Å². The van der Waals surface area contributed by atoms with E-state index in [1.54, 1.807) is 18.6 Å². The zero-order valence-corrected chi connectivity index (χ0v) is 10.7. The average molecular weight is 270 g/mol. The van der Waals surface area contributed by atoms with Crippen LogP contribution in [-0.4, -0.2) is 16.1 Å². The second-order valence-corrected chi connectivity index (χ2v) is 4.63. The van der Waals surface area contributed by atoms with Gasteiger partial charge in [0.05, 0.1) is 6.33 Å². The van der Waals surface area contributed by atoms with Crippen LogP contribution in [0.25, 0.3) is 0 Å². The Morgan fingerprint density at radius 1 is 1.18 bits per heavy atom. The van der Waals surface area contributed by atoms with Gasteiger partial charge in [0, 0.05) is 42.1 Å². The van der Waals surface area contributed by atoms with Crippen LogP contribution in [-0.2, 0) is 13.1 Å². The van der Waals surface area contributed by atoms with Crippen molar-refractivity contribution in [1.29, 1.82) is 0 Å². The number of halogens is 2. The Bertz CT molecular complexity index is 448. The fourth-order valence-corrected chi connectivity index (χ4v) is 2.14. The predicted molar refractivity (Wildman–Crippen MR) is 70.4 cm³/mol. The van der Waals surface area contributed by atoms with Gasteiger partial charge in [-0.3, -0.25) is 0 Å². The van der Waals surface area contributed by atoms with Gasteiger partial charge in [-0.15, -0.1) is 0 Å². The second kappa shape index (κ2) is 6.05. The standard InChI is InChI=1S/C12H13Cl2N3/c13-11-5-10(6-12(14)7-11)8-15-1-3-17-4-2-16-9-17/h2,4-7,9,15H,1,3,8H2. The maximum absolute atomic E-state index is 5.92. The van der Waals surface area contributed by atoms with Gasteiger partial charge in [-0.25, -0.2) is 4.98 Å². The highest BCUT2D eigenvalue weighted by atomic mass is 35.5. The molecule has 1 aromatic carbocycles. The second-order valence-electron chi connectivity index (χ2n) is 3.75. The molecule has 2 rings (SSSR count). The average Bonchev–Trinajstić information content (AvgIpc) is 2.76.